The number of hydrogen-bond donors (Lipinski definition) is 2. The Morgan fingerprint density at radius 3 is 2.52 bits per heavy atom. The summed E-state index contributed by atoms with van der Waals surface area (Å²) >= 11 is 0. The Morgan fingerprint density at radius 1 is 1.30 bits per heavy atom. The Labute approximate surface area is 180 Å². The van der Waals surface area contributed by atoms with Gasteiger partial charge in [-0.25, -0.2) is 4.98 Å². The van der Waals surface area contributed by atoms with E-state index in [0.717, 1.165) is 44.3 Å². The van der Waals surface area contributed by atoms with E-state index in [-0.39, 0.29) is 35.8 Å². The van der Waals surface area contributed by atoms with Crippen molar-refractivity contribution < 1.29 is 4.79 Å². The Bertz CT molecular complexity index is 605. The Morgan fingerprint density at radius 2 is 1.96 bits per heavy atom. The SMILES string of the molecule is CN=C(NCc1nccn1CC(C)C)NC1CCN(C(=O)C(C)C)CC1.I. The summed E-state index contributed by atoms with van der Waals surface area (Å²) in [5.41, 5.74) is 0. The van der Waals surface area contributed by atoms with Gasteiger partial charge in [0.2, 0.25) is 5.91 Å². The molecule has 0 spiro atoms. The van der Waals surface area contributed by atoms with E-state index in [9.17, 15) is 4.79 Å². The summed E-state index contributed by atoms with van der Waals surface area (Å²) < 4.78 is 2.18. The van der Waals surface area contributed by atoms with Gasteiger partial charge in [-0.05, 0) is 18.8 Å². The molecule has 1 saturated heterocycles. The number of piperidine rings is 1. The lowest BCUT2D eigenvalue weighted by atomic mass is 10.0. The number of likely N-dealkylation sites (tertiary alicyclic amines) is 1. The largest absolute Gasteiger partial charge is 0.354 e. The van der Waals surface area contributed by atoms with Crippen molar-refractivity contribution in [1.29, 1.82) is 0 Å². The topological polar surface area (TPSA) is 74.6 Å². The standard InChI is InChI=1S/C19H34N6O.HI/c1-14(2)13-25-11-8-21-17(25)12-22-19(20-5)23-16-6-9-24(10-7-16)18(26)15(3)4;/h8,11,14-16H,6-7,9-10,12-13H2,1-5H3,(H2,20,22,23);1H. The molecule has 0 aromatic carbocycles. The summed E-state index contributed by atoms with van der Waals surface area (Å²) in [6.07, 6.45) is 5.76. The predicted molar refractivity (Wildman–Crippen MR) is 120 cm³/mol. The van der Waals surface area contributed by atoms with E-state index < -0.39 is 0 Å². The van der Waals surface area contributed by atoms with Gasteiger partial charge in [0.05, 0.1) is 6.54 Å². The van der Waals surface area contributed by atoms with E-state index >= 15 is 0 Å². The quantitative estimate of drug-likeness (QED) is 0.365. The van der Waals surface area contributed by atoms with Gasteiger partial charge in [-0.2, -0.15) is 0 Å². The highest BCUT2D eigenvalue weighted by atomic mass is 127. The van der Waals surface area contributed by atoms with Gasteiger partial charge in [-0.1, -0.05) is 27.7 Å². The lowest BCUT2D eigenvalue weighted by Gasteiger charge is -2.34. The summed E-state index contributed by atoms with van der Waals surface area (Å²) in [6.45, 7) is 11.6. The Kier molecular flexibility index (Phi) is 10.1. The molecule has 0 unspecified atom stereocenters. The van der Waals surface area contributed by atoms with Gasteiger partial charge in [-0.3, -0.25) is 9.79 Å². The first-order valence-corrected chi connectivity index (χ1v) is 9.66. The van der Waals surface area contributed by atoms with E-state index in [2.05, 4.69) is 39.0 Å². The summed E-state index contributed by atoms with van der Waals surface area (Å²) in [4.78, 5) is 22.8. The number of carbonyl (C=O) groups excluding carboxylic acids is 1. The summed E-state index contributed by atoms with van der Waals surface area (Å²) in [5, 5.41) is 6.84. The molecule has 0 aliphatic carbocycles. The molecule has 1 fully saturated rings. The zero-order valence-electron chi connectivity index (χ0n) is 17.2. The minimum Gasteiger partial charge on any atom is -0.354 e. The fraction of sp³-hybridized carbons (Fsp3) is 0.737. The highest BCUT2D eigenvalue weighted by Gasteiger charge is 2.24. The van der Waals surface area contributed by atoms with Crippen LogP contribution in [0.4, 0.5) is 0 Å². The molecular weight excluding hydrogens is 455 g/mol. The second-order valence-electron chi connectivity index (χ2n) is 7.71. The molecule has 1 amide bonds. The number of nitrogens with one attached hydrogen (secondary N) is 2. The molecule has 8 heteroatoms. The molecule has 0 radical (unpaired) electrons. The number of nitrogens with zero attached hydrogens (tertiary/aromatic N) is 4. The molecule has 2 N–H and O–H groups in total. The van der Waals surface area contributed by atoms with Crippen molar-refractivity contribution >= 4 is 35.8 Å². The molecule has 0 bridgehead atoms. The molecule has 0 saturated carbocycles. The van der Waals surface area contributed by atoms with E-state index in [1.807, 2.05) is 31.1 Å². The van der Waals surface area contributed by atoms with Crippen molar-refractivity contribution in [2.24, 2.45) is 16.8 Å². The van der Waals surface area contributed by atoms with Crippen LogP contribution in [-0.4, -0.2) is 52.5 Å². The van der Waals surface area contributed by atoms with E-state index in [1.54, 1.807) is 7.05 Å². The van der Waals surface area contributed by atoms with Crippen LogP contribution < -0.4 is 10.6 Å². The maximum Gasteiger partial charge on any atom is 0.225 e. The zero-order valence-corrected chi connectivity index (χ0v) is 19.6. The predicted octanol–water partition coefficient (Wildman–Crippen LogP) is 2.47. The summed E-state index contributed by atoms with van der Waals surface area (Å²) in [5.74, 6) is 2.71. The molecule has 1 aromatic rings. The third-order valence-corrected chi connectivity index (χ3v) is 4.64. The van der Waals surface area contributed by atoms with Crippen LogP contribution in [0.5, 0.6) is 0 Å². The minimum absolute atomic E-state index is 0. The van der Waals surface area contributed by atoms with Gasteiger partial charge in [0.1, 0.15) is 5.82 Å². The molecule has 7 nitrogen and oxygen atoms in total. The lowest BCUT2D eigenvalue weighted by molar-refractivity contribution is -0.135. The van der Waals surface area contributed by atoms with Crippen LogP contribution >= 0.6 is 24.0 Å². The normalized spacial score (nSPS) is 15.8. The van der Waals surface area contributed by atoms with Crippen LogP contribution in [0, 0.1) is 11.8 Å². The van der Waals surface area contributed by atoms with Gasteiger partial charge in [0, 0.05) is 51.0 Å². The van der Waals surface area contributed by atoms with Crippen molar-refractivity contribution in [2.45, 2.75) is 59.7 Å². The van der Waals surface area contributed by atoms with Crippen LogP contribution in [0.2, 0.25) is 0 Å². The van der Waals surface area contributed by atoms with Crippen LogP contribution in [0.25, 0.3) is 0 Å². The van der Waals surface area contributed by atoms with Crippen molar-refractivity contribution in [3.63, 3.8) is 0 Å². The van der Waals surface area contributed by atoms with Crippen molar-refractivity contribution in [3.8, 4) is 0 Å². The van der Waals surface area contributed by atoms with Crippen LogP contribution in [0.3, 0.4) is 0 Å². The Hall–Kier alpha value is -1.32. The average molecular weight is 490 g/mol. The first kappa shape index (κ1) is 23.7. The van der Waals surface area contributed by atoms with E-state index in [1.165, 1.54) is 0 Å². The number of amides is 1. The van der Waals surface area contributed by atoms with Gasteiger partial charge in [-0.15, -0.1) is 24.0 Å². The average Bonchev–Trinajstić information content (AvgIpc) is 3.04. The second kappa shape index (κ2) is 11.5. The Balaban J connectivity index is 0.00000364. The fourth-order valence-corrected chi connectivity index (χ4v) is 3.23. The van der Waals surface area contributed by atoms with Gasteiger partial charge >= 0.3 is 0 Å². The third-order valence-electron chi connectivity index (χ3n) is 4.64. The number of guanidine groups is 1. The number of aromatic nitrogens is 2. The first-order valence-electron chi connectivity index (χ1n) is 9.66. The van der Waals surface area contributed by atoms with Gasteiger partial charge in [0.15, 0.2) is 5.96 Å². The molecule has 2 rings (SSSR count). The van der Waals surface area contributed by atoms with Crippen LogP contribution in [-0.2, 0) is 17.9 Å². The van der Waals surface area contributed by atoms with E-state index in [4.69, 9.17) is 0 Å². The van der Waals surface area contributed by atoms with Crippen LogP contribution in [0.15, 0.2) is 17.4 Å². The molecular formula is C19H35IN6O. The first-order chi connectivity index (χ1) is 12.4. The number of hydrogen-bond acceptors (Lipinski definition) is 3. The number of rotatable bonds is 6. The molecule has 1 aliphatic heterocycles. The number of halogens is 1. The zero-order chi connectivity index (χ0) is 19.1. The highest BCUT2D eigenvalue weighted by molar-refractivity contribution is 14.0. The van der Waals surface area contributed by atoms with E-state index in [0.29, 0.717) is 18.5 Å². The molecule has 27 heavy (non-hydrogen) atoms. The number of carbonyl (C=O) groups is 1. The third kappa shape index (κ3) is 7.31. The molecule has 1 aromatic heterocycles. The highest BCUT2D eigenvalue weighted by Crippen LogP contribution is 2.13. The lowest BCUT2D eigenvalue weighted by Crippen LogP contribution is -2.50. The van der Waals surface area contributed by atoms with Crippen molar-refractivity contribution in [2.75, 3.05) is 20.1 Å². The van der Waals surface area contributed by atoms with Crippen LogP contribution in [0.1, 0.15) is 46.4 Å². The molecule has 0 atom stereocenters. The smallest absolute Gasteiger partial charge is 0.225 e. The van der Waals surface area contributed by atoms with Gasteiger partial charge < -0.3 is 20.1 Å². The fourth-order valence-electron chi connectivity index (χ4n) is 3.23. The summed E-state index contributed by atoms with van der Waals surface area (Å²) in [6, 6.07) is 0.341. The molecule has 2 heterocycles. The van der Waals surface area contributed by atoms with Crippen molar-refractivity contribution in [1.82, 2.24) is 25.1 Å². The second-order valence-corrected chi connectivity index (χ2v) is 7.71. The minimum atomic E-state index is 0. The number of aliphatic imine (C=N–C) groups is 1. The maximum absolute atomic E-state index is 12.1. The monoisotopic (exact) mass is 490 g/mol. The summed E-state index contributed by atoms with van der Waals surface area (Å²) in [7, 11) is 1.79. The molecule has 1 aliphatic rings. The molecule has 154 valence electrons. The maximum atomic E-state index is 12.1. The van der Waals surface area contributed by atoms with Crippen molar-refractivity contribution in [3.05, 3.63) is 18.2 Å². The van der Waals surface area contributed by atoms with Gasteiger partial charge in [0.25, 0.3) is 0 Å². The number of imidazole rings is 1.